The number of carbonyl (C=O) groups is 2. The smallest absolute Gasteiger partial charge is 0.325 e. The first-order valence-corrected chi connectivity index (χ1v) is 6.16. The Balaban J connectivity index is 2.55. The van der Waals surface area contributed by atoms with Crippen LogP contribution < -0.4 is 0 Å². The summed E-state index contributed by atoms with van der Waals surface area (Å²) in [4.78, 5) is 24.9. The van der Waals surface area contributed by atoms with Crippen LogP contribution in [-0.4, -0.2) is 49.7 Å². The second-order valence-corrected chi connectivity index (χ2v) is 4.19. The molecule has 0 aromatic carbocycles. The maximum Gasteiger partial charge on any atom is 0.325 e. The number of esters is 1. The number of ether oxygens (including phenoxy) is 2. The number of methoxy groups -OCH3 is 1. The van der Waals surface area contributed by atoms with Crippen LogP contribution in [0.4, 0.5) is 0 Å². The monoisotopic (exact) mass is 243 g/mol. The van der Waals surface area contributed by atoms with E-state index in [1.807, 2.05) is 6.92 Å². The molecular formula is C12H21NO4. The fraction of sp³-hybridized carbons (Fsp3) is 0.833. The fourth-order valence-electron chi connectivity index (χ4n) is 1.90. The van der Waals surface area contributed by atoms with Gasteiger partial charge in [-0.1, -0.05) is 6.92 Å². The molecule has 1 atom stereocenters. The van der Waals surface area contributed by atoms with Gasteiger partial charge in [0, 0.05) is 13.2 Å². The van der Waals surface area contributed by atoms with E-state index in [1.54, 1.807) is 0 Å². The lowest BCUT2D eigenvalue weighted by atomic mass is 10.1. The van der Waals surface area contributed by atoms with E-state index in [1.165, 1.54) is 12.0 Å². The Labute approximate surface area is 102 Å². The summed E-state index contributed by atoms with van der Waals surface area (Å²) in [7, 11) is 1.33. The topological polar surface area (TPSA) is 55.8 Å². The van der Waals surface area contributed by atoms with Crippen molar-refractivity contribution in [2.45, 2.75) is 38.7 Å². The Hall–Kier alpha value is -1.10. The van der Waals surface area contributed by atoms with Crippen molar-refractivity contribution in [3.63, 3.8) is 0 Å². The summed E-state index contributed by atoms with van der Waals surface area (Å²) in [6.07, 6.45) is 3.21. The average molecular weight is 243 g/mol. The summed E-state index contributed by atoms with van der Waals surface area (Å²) < 4.78 is 10.0. The molecule has 0 bridgehead atoms. The lowest BCUT2D eigenvalue weighted by Gasteiger charge is -2.28. The zero-order valence-electron chi connectivity index (χ0n) is 10.6. The minimum atomic E-state index is -0.386. The first-order valence-electron chi connectivity index (χ1n) is 6.16. The van der Waals surface area contributed by atoms with Crippen LogP contribution in [0.15, 0.2) is 0 Å². The van der Waals surface area contributed by atoms with Crippen molar-refractivity contribution in [1.29, 1.82) is 0 Å². The molecule has 0 radical (unpaired) electrons. The summed E-state index contributed by atoms with van der Waals surface area (Å²) >= 11 is 0. The quantitative estimate of drug-likeness (QED) is 0.675. The molecule has 1 aliphatic heterocycles. The summed E-state index contributed by atoms with van der Waals surface area (Å²) in [6.45, 7) is 3.19. The van der Waals surface area contributed by atoms with Gasteiger partial charge in [-0.25, -0.2) is 0 Å². The molecular weight excluding hydrogens is 222 g/mol. The van der Waals surface area contributed by atoms with Gasteiger partial charge in [0.1, 0.15) is 12.6 Å². The predicted octanol–water partition coefficient (Wildman–Crippen LogP) is 0.967. The second kappa shape index (κ2) is 7.27. The first-order chi connectivity index (χ1) is 8.19. The Morgan fingerprint density at radius 1 is 1.41 bits per heavy atom. The third-order valence-corrected chi connectivity index (χ3v) is 2.81. The highest BCUT2D eigenvalue weighted by molar-refractivity contribution is 5.85. The molecule has 0 aliphatic carbocycles. The van der Waals surface area contributed by atoms with Crippen LogP contribution in [0, 0.1) is 0 Å². The lowest BCUT2D eigenvalue weighted by molar-refractivity contribution is -0.154. The highest BCUT2D eigenvalue weighted by Gasteiger charge is 2.27. The summed E-state index contributed by atoms with van der Waals surface area (Å²) in [5, 5.41) is 0. The Kier molecular flexibility index (Phi) is 5.97. The van der Waals surface area contributed by atoms with Crippen molar-refractivity contribution in [3.05, 3.63) is 0 Å². The van der Waals surface area contributed by atoms with E-state index in [0.29, 0.717) is 13.2 Å². The van der Waals surface area contributed by atoms with Crippen molar-refractivity contribution in [2.75, 3.05) is 26.8 Å². The zero-order valence-corrected chi connectivity index (χ0v) is 10.6. The van der Waals surface area contributed by atoms with Crippen LogP contribution in [0.3, 0.4) is 0 Å². The summed E-state index contributed by atoms with van der Waals surface area (Å²) in [5.74, 6) is -0.473. The largest absolute Gasteiger partial charge is 0.468 e. The molecule has 1 unspecified atom stereocenters. The lowest BCUT2D eigenvalue weighted by Crippen LogP contribution is -2.44. The van der Waals surface area contributed by atoms with Gasteiger partial charge < -0.3 is 14.4 Å². The fourth-order valence-corrected chi connectivity index (χ4v) is 1.90. The van der Waals surface area contributed by atoms with Gasteiger partial charge >= 0.3 is 5.97 Å². The molecule has 98 valence electrons. The predicted molar refractivity (Wildman–Crippen MR) is 62.5 cm³/mol. The Morgan fingerprint density at radius 3 is 2.71 bits per heavy atom. The Morgan fingerprint density at radius 2 is 2.18 bits per heavy atom. The van der Waals surface area contributed by atoms with Gasteiger partial charge in [0.25, 0.3) is 5.91 Å². The van der Waals surface area contributed by atoms with E-state index in [2.05, 4.69) is 4.74 Å². The van der Waals surface area contributed by atoms with Crippen LogP contribution in [-0.2, 0) is 19.1 Å². The number of nitrogens with zero attached hydrogens (tertiary/aromatic N) is 1. The maximum atomic E-state index is 12.1. The average Bonchev–Trinajstić information content (AvgIpc) is 2.38. The van der Waals surface area contributed by atoms with Crippen LogP contribution in [0.5, 0.6) is 0 Å². The van der Waals surface area contributed by atoms with Gasteiger partial charge in [-0.2, -0.15) is 0 Å². The van der Waals surface area contributed by atoms with Gasteiger partial charge in [0.15, 0.2) is 0 Å². The number of rotatable bonds is 5. The normalized spacial score (nSPS) is 19.8. The molecule has 0 saturated carbocycles. The molecule has 1 aliphatic rings. The van der Waals surface area contributed by atoms with Gasteiger partial charge in [-0.15, -0.1) is 0 Å². The van der Waals surface area contributed by atoms with E-state index >= 15 is 0 Å². The van der Waals surface area contributed by atoms with E-state index in [9.17, 15) is 9.59 Å². The molecule has 1 saturated heterocycles. The van der Waals surface area contributed by atoms with E-state index in [4.69, 9.17) is 4.74 Å². The van der Waals surface area contributed by atoms with Crippen molar-refractivity contribution < 1.29 is 19.1 Å². The van der Waals surface area contributed by atoms with Crippen molar-refractivity contribution in [2.24, 2.45) is 0 Å². The molecule has 0 N–H and O–H groups in total. The van der Waals surface area contributed by atoms with Crippen molar-refractivity contribution in [3.8, 4) is 0 Å². The number of hydrogen-bond donors (Lipinski definition) is 0. The number of carbonyl (C=O) groups excluding carboxylic acids is 2. The van der Waals surface area contributed by atoms with Gasteiger partial charge in [0.05, 0.1) is 7.11 Å². The van der Waals surface area contributed by atoms with Gasteiger partial charge in [-0.3, -0.25) is 9.59 Å². The Bertz CT molecular complexity index is 261. The number of hydrogen-bond acceptors (Lipinski definition) is 4. The molecule has 5 nitrogen and oxygen atoms in total. The second-order valence-electron chi connectivity index (χ2n) is 4.19. The minimum Gasteiger partial charge on any atom is -0.468 e. The highest BCUT2D eigenvalue weighted by atomic mass is 16.5. The van der Waals surface area contributed by atoms with E-state index < -0.39 is 0 Å². The van der Waals surface area contributed by atoms with Crippen LogP contribution in [0.25, 0.3) is 0 Å². The standard InChI is InChI=1S/C12H21NO4/c1-3-7-13(9-11(14)16-2)12(15)10-6-4-5-8-17-10/h10H,3-9H2,1-2H3. The van der Waals surface area contributed by atoms with Crippen LogP contribution in [0.1, 0.15) is 32.6 Å². The molecule has 17 heavy (non-hydrogen) atoms. The molecule has 1 fully saturated rings. The van der Waals surface area contributed by atoms with Crippen molar-refractivity contribution >= 4 is 11.9 Å². The molecule has 1 rings (SSSR count). The van der Waals surface area contributed by atoms with Crippen LogP contribution in [0.2, 0.25) is 0 Å². The summed E-state index contributed by atoms with van der Waals surface area (Å²) in [6, 6.07) is 0. The van der Waals surface area contributed by atoms with Crippen molar-refractivity contribution in [1.82, 2.24) is 4.90 Å². The van der Waals surface area contributed by atoms with E-state index in [0.717, 1.165) is 25.7 Å². The summed E-state index contributed by atoms with van der Waals surface area (Å²) in [5.41, 5.74) is 0. The third kappa shape index (κ3) is 4.34. The maximum absolute atomic E-state index is 12.1. The number of amides is 1. The molecule has 0 aromatic heterocycles. The van der Waals surface area contributed by atoms with Gasteiger partial charge in [0.2, 0.25) is 0 Å². The molecule has 5 heteroatoms. The SMILES string of the molecule is CCCN(CC(=O)OC)C(=O)C1CCCCO1. The third-order valence-electron chi connectivity index (χ3n) is 2.81. The molecule has 0 spiro atoms. The highest BCUT2D eigenvalue weighted by Crippen LogP contribution is 2.15. The molecule has 1 heterocycles. The van der Waals surface area contributed by atoms with Crippen LogP contribution >= 0.6 is 0 Å². The minimum absolute atomic E-state index is 0.0169. The molecule has 1 amide bonds. The first kappa shape index (κ1) is 14.0. The van der Waals surface area contributed by atoms with Gasteiger partial charge in [-0.05, 0) is 25.7 Å². The molecule has 0 aromatic rings. The zero-order chi connectivity index (χ0) is 12.7. The van der Waals surface area contributed by atoms with E-state index in [-0.39, 0.29) is 24.5 Å².